The first-order valence-electron chi connectivity index (χ1n) is 21.2. The lowest BCUT2D eigenvalue weighted by molar-refractivity contribution is 1.17. The van der Waals surface area contributed by atoms with E-state index in [-0.39, 0.29) is 0 Å². The lowest BCUT2D eigenvalue weighted by Crippen LogP contribution is -2.21. The summed E-state index contributed by atoms with van der Waals surface area (Å²) < 4.78 is 0. The van der Waals surface area contributed by atoms with Crippen molar-refractivity contribution in [3.63, 3.8) is 0 Å². The van der Waals surface area contributed by atoms with Crippen molar-refractivity contribution in [3.8, 4) is 33.9 Å². The van der Waals surface area contributed by atoms with Gasteiger partial charge in [-0.3, -0.25) is 0 Å². The molecular weight excluding hydrogens is 767 g/mol. The van der Waals surface area contributed by atoms with Crippen molar-refractivity contribution < 1.29 is 0 Å². The third-order valence-corrected chi connectivity index (χ3v) is 11.0. The Morgan fingerprint density at radius 2 is 0.508 bits per heavy atom. The summed E-state index contributed by atoms with van der Waals surface area (Å²) in [4.78, 5) is 17.7. The average molecular weight is 810 g/mol. The van der Waals surface area contributed by atoms with Crippen LogP contribution in [0.2, 0.25) is 0 Å². The summed E-state index contributed by atoms with van der Waals surface area (Å²) in [7, 11) is 0. The van der Waals surface area contributed by atoms with Gasteiger partial charge in [-0.2, -0.15) is 0 Å². The zero-order chi connectivity index (χ0) is 42.2. The molecule has 0 atom stereocenters. The topological polar surface area (TPSA) is 35.5 Å². The second kappa shape index (κ2) is 18.0. The predicted molar refractivity (Wildman–Crippen MR) is 262 cm³/mol. The Hall–Kier alpha value is -8.54. The van der Waals surface area contributed by atoms with Crippen molar-refractivity contribution in [1.82, 2.24) is 9.97 Å². The van der Waals surface area contributed by atoms with E-state index in [1.54, 1.807) is 0 Å². The predicted octanol–water partition coefficient (Wildman–Crippen LogP) is 15.9. The number of hydrogen-bond donors (Lipinski definition) is 0. The fraction of sp³-hybridized carbons (Fsp3) is 0. The van der Waals surface area contributed by atoms with E-state index < -0.39 is 0 Å². The Bertz CT molecular complexity index is 2750. The van der Waals surface area contributed by atoms with Crippen LogP contribution in [0.1, 0.15) is 0 Å². The molecule has 0 aliphatic heterocycles. The van der Waals surface area contributed by atoms with Crippen LogP contribution in [0.4, 0.5) is 51.2 Å². The Balaban J connectivity index is 1.38. The molecule has 0 bridgehead atoms. The zero-order valence-corrected chi connectivity index (χ0v) is 34.6. The van der Waals surface area contributed by atoms with Gasteiger partial charge in [0.05, 0.1) is 28.5 Å². The van der Waals surface area contributed by atoms with Gasteiger partial charge in [0.2, 0.25) is 0 Å². The van der Waals surface area contributed by atoms with E-state index in [1.165, 1.54) is 0 Å². The smallest absolute Gasteiger partial charge is 0.160 e. The molecule has 9 aromatic carbocycles. The van der Waals surface area contributed by atoms with Gasteiger partial charge in [-0.1, -0.05) is 170 Å². The summed E-state index contributed by atoms with van der Waals surface area (Å²) in [6.45, 7) is 0. The quantitative estimate of drug-likeness (QED) is 0.123. The zero-order valence-electron chi connectivity index (χ0n) is 34.6. The van der Waals surface area contributed by atoms with Crippen LogP contribution < -0.4 is 14.7 Å². The first kappa shape index (κ1) is 38.6. The fourth-order valence-electron chi connectivity index (χ4n) is 8.11. The molecule has 5 heteroatoms. The van der Waals surface area contributed by atoms with E-state index in [1.807, 2.05) is 24.3 Å². The van der Waals surface area contributed by atoms with E-state index in [9.17, 15) is 0 Å². The number of aromatic nitrogens is 2. The Labute approximate surface area is 369 Å². The largest absolute Gasteiger partial charge is 0.308 e. The number of hydrogen-bond acceptors (Lipinski definition) is 5. The molecule has 300 valence electrons. The summed E-state index contributed by atoms with van der Waals surface area (Å²) in [6, 6.07) is 91.2. The molecule has 1 aromatic heterocycles. The Morgan fingerprint density at radius 3 is 0.841 bits per heavy atom. The molecule has 0 saturated heterocycles. The van der Waals surface area contributed by atoms with Crippen molar-refractivity contribution >= 4 is 51.2 Å². The van der Waals surface area contributed by atoms with Gasteiger partial charge in [0, 0.05) is 50.8 Å². The summed E-state index contributed by atoms with van der Waals surface area (Å²) in [5, 5.41) is 0. The van der Waals surface area contributed by atoms with Gasteiger partial charge in [-0.25, -0.2) is 9.97 Å². The van der Waals surface area contributed by atoms with Crippen LogP contribution in [-0.4, -0.2) is 9.97 Å². The van der Waals surface area contributed by atoms with Gasteiger partial charge in [-0.15, -0.1) is 0 Å². The highest BCUT2D eigenvalue weighted by molar-refractivity contribution is 6.03. The fourth-order valence-corrected chi connectivity index (χ4v) is 8.11. The molecule has 0 amide bonds. The molecule has 0 fully saturated rings. The second-order valence-corrected chi connectivity index (χ2v) is 15.1. The molecule has 0 saturated carbocycles. The number of anilines is 9. The molecule has 63 heavy (non-hydrogen) atoms. The van der Waals surface area contributed by atoms with Crippen molar-refractivity contribution in [2.24, 2.45) is 0 Å². The molecule has 1 heterocycles. The van der Waals surface area contributed by atoms with Crippen LogP contribution in [0.5, 0.6) is 0 Å². The molecule has 10 rings (SSSR count). The lowest BCUT2D eigenvalue weighted by atomic mass is 10.00. The van der Waals surface area contributed by atoms with Crippen LogP contribution in [0.3, 0.4) is 0 Å². The van der Waals surface area contributed by atoms with Crippen LogP contribution in [-0.2, 0) is 0 Å². The summed E-state index contributed by atoms with van der Waals surface area (Å²) in [5.74, 6) is 0.653. The van der Waals surface area contributed by atoms with E-state index in [4.69, 9.17) is 9.97 Å². The maximum absolute atomic E-state index is 5.42. The maximum atomic E-state index is 5.42. The second-order valence-electron chi connectivity index (χ2n) is 15.1. The van der Waals surface area contributed by atoms with E-state index >= 15 is 0 Å². The van der Waals surface area contributed by atoms with E-state index in [0.29, 0.717) is 5.82 Å². The lowest BCUT2D eigenvalue weighted by Gasteiger charge is -2.38. The molecule has 0 radical (unpaired) electrons. The molecular formula is C58H43N5. The minimum Gasteiger partial charge on any atom is -0.308 e. The molecule has 5 nitrogen and oxygen atoms in total. The van der Waals surface area contributed by atoms with Gasteiger partial charge in [0.1, 0.15) is 0 Å². The molecule has 0 spiro atoms. The third kappa shape index (κ3) is 8.19. The maximum Gasteiger partial charge on any atom is 0.160 e. The highest BCUT2D eigenvalue weighted by Gasteiger charge is 2.30. The highest BCUT2D eigenvalue weighted by atomic mass is 15.3. The van der Waals surface area contributed by atoms with Crippen LogP contribution >= 0.6 is 0 Å². The first-order chi connectivity index (χ1) is 31.3. The summed E-state index contributed by atoms with van der Waals surface area (Å²) >= 11 is 0. The van der Waals surface area contributed by atoms with Gasteiger partial charge in [0.25, 0.3) is 0 Å². The average Bonchev–Trinajstić information content (AvgIpc) is 3.37. The third-order valence-electron chi connectivity index (χ3n) is 11.0. The van der Waals surface area contributed by atoms with Crippen molar-refractivity contribution in [2.75, 3.05) is 14.7 Å². The van der Waals surface area contributed by atoms with Gasteiger partial charge < -0.3 is 14.7 Å². The first-order valence-corrected chi connectivity index (χ1v) is 21.2. The Morgan fingerprint density at radius 1 is 0.238 bits per heavy atom. The van der Waals surface area contributed by atoms with Gasteiger partial charge >= 0.3 is 0 Å². The standard InChI is InChI=1S/C58H43N5/c1-9-25-44(26-10-1)53-43-54(60-58(59-53)45-27-11-2-12-28-45)46-41-55(61(47-29-13-3-14-30-47)48-31-15-4-16-32-48)57(63(51-37-21-7-22-38-51)52-39-23-8-24-40-52)56(42-46)62(49-33-17-5-18-34-49)50-35-19-6-20-36-50/h1-43H. The molecule has 0 aliphatic rings. The monoisotopic (exact) mass is 809 g/mol. The minimum atomic E-state index is 0.653. The molecule has 0 N–H and O–H groups in total. The normalized spacial score (nSPS) is 10.9. The van der Waals surface area contributed by atoms with Gasteiger partial charge in [-0.05, 0) is 91.0 Å². The summed E-state index contributed by atoms with van der Waals surface area (Å²) in [6.07, 6.45) is 0. The van der Waals surface area contributed by atoms with Crippen molar-refractivity contribution in [2.45, 2.75) is 0 Å². The van der Waals surface area contributed by atoms with Gasteiger partial charge in [0.15, 0.2) is 5.82 Å². The summed E-state index contributed by atoms with van der Waals surface area (Å²) in [5.41, 5.74) is 13.5. The SMILES string of the molecule is c1ccc(-c2cc(-c3cc(N(c4ccccc4)c4ccccc4)c(N(c4ccccc4)c4ccccc4)c(N(c4ccccc4)c4ccccc4)c3)nc(-c3ccccc3)n2)cc1. The Kier molecular flexibility index (Phi) is 11.0. The van der Waals surface area contributed by atoms with E-state index in [2.05, 4.69) is 251 Å². The number of para-hydroxylation sites is 6. The molecule has 0 aliphatic carbocycles. The van der Waals surface area contributed by atoms with Crippen LogP contribution in [0.15, 0.2) is 261 Å². The van der Waals surface area contributed by atoms with Crippen LogP contribution in [0, 0.1) is 0 Å². The van der Waals surface area contributed by atoms with E-state index in [0.717, 1.165) is 79.3 Å². The number of nitrogens with zero attached hydrogens (tertiary/aromatic N) is 5. The molecule has 10 aromatic rings. The number of rotatable bonds is 12. The highest BCUT2D eigenvalue weighted by Crippen LogP contribution is 2.54. The van der Waals surface area contributed by atoms with Crippen molar-refractivity contribution in [1.29, 1.82) is 0 Å². The minimum absolute atomic E-state index is 0.653. The number of benzene rings is 9. The van der Waals surface area contributed by atoms with Crippen molar-refractivity contribution in [3.05, 3.63) is 261 Å². The van der Waals surface area contributed by atoms with Crippen LogP contribution in [0.25, 0.3) is 33.9 Å². The molecule has 0 unspecified atom stereocenters.